The SMILES string of the molecule is CC(C)[C@@H](C)NC(=O)COc1ccc([N+](=O)[O-])cc1F. The standard InChI is InChI=1S/C13H17FN2O4/c1-8(2)9(3)15-13(17)7-20-12-5-4-10(16(18)19)6-11(12)14/h4-6,8-9H,7H2,1-3H3,(H,15,17)/t9-/m1/s1. The van der Waals surface area contributed by atoms with Gasteiger partial charge in [-0.1, -0.05) is 13.8 Å². The lowest BCUT2D eigenvalue weighted by Crippen LogP contribution is -2.39. The van der Waals surface area contributed by atoms with Crippen molar-refractivity contribution in [1.29, 1.82) is 0 Å². The molecule has 0 heterocycles. The minimum absolute atomic E-state index is 0.0205. The van der Waals surface area contributed by atoms with Gasteiger partial charge in [0.1, 0.15) is 0 Å². The van der Waals surface area contributed by atoms with Gasteiger partial charge in [-0.05, 0) is 18.9 Å². The van der Waals surface area contributed by atoms with Crippen LogP contribution in [0.1, 0.15) is 20.8 Å². The van der Waals surface area contributed by atoms with Gasteiger partial charge in [0.05, 0.1) is 11.0 Å². The number of halogens is 1. The van der Waals surface area contributed by atoms with Crippen molar-refractivity contribution in [2.75, 3.05) is 6.61 Å². The van der Waals surface area contributed by atoms with Gasteiger partial charge in [-0.15, -0.1) is 0 Å². The zero-order valence-electron chi connectivity index (χ0n) is 11.6. The minimum atomic E-state index is -0.871. The number of rotatable bonds is 6. The van der Waals surface area contributed by atoms with Crippen LogP contribution in [-0.2, 0) is 4.79 Å². The highest BCUT2D eigenvalue weighted by Crippen LogP contribution is 2.22. The van der Waals surface area contributed by atoms with Crippen molar-refractivity contribution in [2.45, 2.75) is 26.8 Å². The molecule has 0 unspecified atom stereocenters. The Balaban J connectivity index is 2.58. The van der Waals surface area contributed by atoms with Crippen LogP contribution < -0.4 is 10.1 Å². The number of nitrogens with one attached hydrogen (secondary N) is 1. The second-order valence-electron chi connectivity index (χ2n) is 4.76. The van der Waals surface area contributed by atoms with E-state index >= 15 is 0 Å². The summed E-state index contributed by atoms with van der Waals surface area (Å²) in [6, 6.07) is 2.98. The summed E-state index contributed by atoms with van der Waals surface area (Å²) in [5.41, 5.74) is -0.368. The number of amides is 1. The van der Waals surface area contributed by atoms with Crippen LogP contribution in [0.5, 0.6) is 5.75 Å². The zero-order chi connectivity index (χ0) is 15.3. The van der Waals surface area contributed by atoms with Gasteiger partial charge in [-0.3, -0.25) is 14.9 Å². The van der Waals surface area contributed by atoms with Crippen molar-refractivity contribution in [1.82, 2.24) is 5.32 Å². The molecule has 0 spiro atoms. The number of ether oxygens (including phenoxy) is 1. The van der Waals surface area contributed by atoms with E-state index in [1.54, 1.807) is 0 Å². The normalized spacial score (nSPS) is 12.1. The van der Waals surface area contributed by atoms with Crippen LogP contribution in [0.15, 0.2) is 18.2 Å². The second kappa shape index (κ2) is 6.83. The molecule has 1 atom stereocenters. The summed E-state index contributed by atoms with van der Waals surface area (Å²) in [6.45, 7) is 5.43. The molecule has 0 saturated heterocycles. The van der Waals surface area contributed by atoms with E-state index in [1.807, 2.05) is 20.8 Å². The number of nitrogens with zero attached hydrogens (tertiary/aromatic N) is 1. The Labute approximate surface area is 116 Å². The molecule has 0 fully saturated rings. The van der Waals surface area contributed by atoms with E-state index < -0.39 is 10.7 Å². The maximum Gasteiger partial charge on any atom is 0.272 e. The first kappa shape index (κ1) is 15.9. The summed E-state index contributed by atoms with van der Waals surface area (Å²) in [5, 5.41) is 13.2. The number of nitro benzene ring substituents is 1. The van der Waals surface area contributed by atoms with Crippen LogP contribution in [-0.4, -0.2) is 23.5 Å². The molecule has 0 saturated carbocycles. The largest absolute Gasteiger partial charge is 0.481 e. The molecule has 0 aliphatic rings. The Morgan fingerprint density at radius 3 is 2.60 bits per heavy atom. The molecule has 1 amide bonds. The van der Waals surface area contributed by atoms with Gasteiger partial charge in [-0.2, -0.15) is 0 Å². The Bertz CT molecular complexity index is 505. The van der Waals surface area contributed by atoms with E-state index in [1.165, 1.54) is 0 Å². The highest BCUT2D eigenvalue weighted by Gasteiger charge is 2.14. The average Bonchev–Trinajstić information content (AvgIpc) is 2.36. The lowest BCUT2D eigenvalue weighted by Gasteiger charge is -2.17. The smallest absolute Gasteiger partial charge is 0.272 e. The van der Waals surface area contributed by atoms with Crippen LogP contribution in [0.4, 0.5) is 10.1 Å². The molecule has 7 heteroatoms. The van der Waals surface area contributed by atoms with Gasteiger partial charge in [0.25, 0.3) is 11.6 Å². The summed E-state index contributed by atoms with van der Waals surface area (Å²) < 4.78 is 18.5. The Kier molecular flexibility index (Phi) is 5.42. The van der Waals surface area contributed by atoms with Crippen LogP contribution in [0, 0.1) is 21.8 Å². The van der Waals surface area contributed by atoms with Gasteiger partial charge >= 0.3 is 0 Å². The van der Waals surface area contributed by atoms with Gasteiger partial charge in [0.15, 0.2) is 18.2 Å². The molecular formula is C13H17FN2O4. The van der Waals surface area contributed by atoms with Gasteiger partial charge in [0, 0.05) is 12.1 Å². The predicted molar refractivity (Wildman–Crippen MR) is 71.0 cm³/mol. The first-order valence-corrected chi connectivity index (χ1v) is 6.17. The van der Waals surface area contributed by atoms with E-state index in [0.29, 0.717) is 0 Å². The maximum absolute atomic E-state index is 13.5. The van der Waals surface area contributed by atoms with Crippen molar-refractivity contribution >= 4 is 11.6 Å². The number of benzene rings is 1. The van der Waals surface area contributed by atoms with Gasteiger partial charge < -0.3 is 10.1 Å². The molecule has 0 aliphatic heterocycles. The molecule has 1 rings (SSSR count). The quantitative estimate of drug-likeness (QED) is 0.641. The molecule has 110 valence electrons. The molecule has 6 nitrogen and oxygen atoms in total. The Hall–Kier alpha value is -2.18. The number of hydrogen-bond donors (Lipinski definition) is 1. The highest BCUT2D eigenvalue weighted by molar-refractivity contribution is 5.77. The molecule has 0 bridgehead atoms. The minimum Gasteiger partial charge on any atom is -0.481 e. The number of non-ortho nitro benzene ring substituents is 1. The van der Waals surface area contributed by atoms with E-state index in [4.69, 9.17) is 4.74 Å². The summed E-state index contributed by atoms with van der Waals surface area (Å²) in [4.78, 5) is 21.3. The second-order valence-corrected chi connectivity index (χ2v) is 4.76. The fourth-order valence-corrected chi connectivity index (χ4v) is 1.33. The molecule has 1 N–H and O–H groups in total. The first-order valence-electron chi connectivity index (χ1n) is 6.17. The third-order valence-corrected chi connectivity index (χ3v) is 2.87. The van der Waals surface area contributed by atoms with Crippen LogP contribution in [0.3, 0.4) is 0 Å². The fraction of sp³-hybridized carbons (Fsp3) is 0.462. The molecule has 0 radical (unpaired) electrons. The van der Waals surface area contributed by atoms with E-state index in [2.05, 4.69) is 5.32 Å². The summed E-state index contributed by atoms with van der Waals surface area (Å²) in [6.07, 6.45) is 0. The van der Waals surface area contributed by atoms with Crippen molar-refractivity contribution < 1.29 is 18.8 Å². The van der Waals surface area contributed by atoms with Gasteiger partial charge in [-0.25, -0.2) is 4.39 Å². The molecule has 1 aromatic carbocycles. The third kappa shape index (κ3) is 4.49. The van der Waals surface area contributed by atoms with Crippen molar-refractivity contribution in [3.8, 4) is 5.75 Å². The van der Waals surface area contributed by atoms with Crippen LogP contribution >= 0.6 is 0 Å². The predicted octanol–water partition coefficient (Wildman–Crippen LogP) is 2.27. The summed E-state index contributed by atoms with van der Waals surface area (Å²) >= 11 is 0. The summed E-state index contributed by atoms with van der Waals surface area (Å²) in [5.74, 6) is -1.16. The lowest BCUT2D eigenvalue weighted by molar-refractivity contribution is -0.385. The van der Waals surface area contributed by atoms with Gasteiger partial charge in [0.2, 0.25) is 0 Å². The lowest BCUT2D eigenvalue weighted by atomic mass is 10.1. The van der Waals surface area contributed by atoms with Crippen molar-refractivity contribution in [3.63, 3.8) is 0 Å². The van der Waals surface area contributed by atoms with E-state index in [0.717, 1.165) is 18.2 Å². The molecule has 1 aromatic rings. The number of hydrogen-bond acceptors (Lipinski definition) is 4. The summed E-state index contributed by atoms with van der Waals surface area (Å²) in [7, 11) is 0. The molecule has 0 aliphatic carbocycles. The highest BCUT2D eigenvalue weighted by atomic mass is 19.1. The molecule has 0 aromatic heterocycles. The Morgan fingerprint density at radius 2 is 2.10 bits per heavy atom. The third-order valence-electron chi connectivity index (χ3n) is 2.87. The van der Waals surface area contributed by atoms with Crippen molar-refractivity contribution in [3.05, 3.63) is 34.1 Å². The maximum atomic E-state index is 13.5. The number of nitro groups is 1. The number of carbonyl (C=O) groups is 1. The van der Waals surface area contributed by atoms with E-state index in [-0.39, 0.29) is 35.9 Å². The number of carbonyl (C=O) groups excluding carboxylic acids is 1. The van der Waals surface area contributed by atoms with E-state index in [9.17, 15) is 19.3 Å². The van der Waals surface area contributed by atoms with Crippen LogP contribution in [0.25, 0.3) is 0 Å². The first-order chi connectivity index (χ1) is 9.31. The molecular weight excluding hydrogens is 267 g/mol. The zero-order valence-corrected chi connectivity index (χ0v) is 11.6. The topological polar surface area (TPSA) is 81.5 Å². The molecule has 20 heavy (non-hydrogen) atoms. The Morgan fingerprint density at radius 1 is 1.45 bits per heavy atom. The van der Waals surface area contributed by atoms with Crippen molar-refractivity contribution in [2.24, 2.45) is 5.92 Å². The monoisotopic (exact) mass is 284 g/mol. The fourth-order valence-electron chi connectivity index (χ4n) is 1.33. The van der Waals surface area contributed by atoms with Crippen LogP contribution in [0.2, 0.25) is 0 Å². The average molecular weight is 284 g/mol.